The van der Waals surface area contributed by atoms with Gasteiger partial charge in [0.1, 0.15) is 5.75 Å². The summed E-state index contributed by atoms with van der Waals surface area (Å²) < 4.78 is 32.0. The van der Waals surface area contributed by atoms with Gasteiger partial charge in [-0.2, -0.15) is 4.31 Å². The first-order valence-electron chi connectivity index (χ1n) is 7.56. The van der Waals surface area contributed by atoms with Crippen LogP contribution in [0.4, 0.5) is 5.13 Å². The second kappa shape index (κ2) is 8.33. The summed E-state index contributed by atoms with van der Waals surface area (Å²) in [6.07, 6.45) is 1.78. The quantitative estimate of drug-likeness (QED) is 0.815. The molecule has 1 aromatic carbocycles. The Labute approximate surface area is 157 Å². The van der Waals surface area contributed by atoms with Crippen molar-refractivity contribution in [2.24, 2.45) is 0 Å². The normalized spacial score (nSPS) is 16.4. The van der Waals surface area contributed by atoms with Crippen molar-refractivity contribution in [1.29, 1.82) is 0 Å². The van der Waals surface area contributed by atoms with Gasteiger partial charge in [-0.3, -0.25) is 4.90 Å². The molecule has 0 unspecified atom stereocenters. The minimum absolute atomic E-state index is 0. The van der Waals surface area contributed by atoms with Crippen LogP contribution in [0.3, 0.4) is 0 Å². The fraction of sp³-hybridized carbons (Fsp3) is 0.400. The molecule has 0 saturated carbocycles. The van der Waals surface area contributed by atoms with Crippen LogP contribution in [0.5, 0.6) is 5.75 Å². The van der Waals surface area contributed by atoms with Crippen molar-refractivity contribution in [3.05, 3.63) is 35.3 Å². The third kappa shape index (κ3) is 4.62. The molecule has 3 rings (SSSR count). The van der Waals surface area contributed by atoms with Crippen LogP contribution in [0, 0.1) is 0 Å². The number of nitrogens with zero attached hydrogens (tertiary/aromatic N) is 3. The largest absolute Gasteiger partial charge is 0.497 e. The lowest BCUT2D eigenvalue weighted by molar-refractivity contribution is 0.183. The molecule has 0 radical (unpaired) electrons. The van der Waals surface area contributed by atoms with Crippen LogP contribution in [0.2, 0.25) is 0 Å². The Kier molecular flexibility index (Phi) is 6.64. The van der Waals surface area contributed by atoms with Gasteiger partial charge in [-0.05, 0) is 24.3 Å². The highest BCUT2D eigenvalue weighted by atomic mass is 35.5. The summed E-state index contributed by atoms with van der Waals surface area (Å²) in [5.74, 6) is 0.641. The Morgan fingerprint density at radius 3 is 2.36 bits per heavy atom. The Balaban J connectivity index is 0.00000225. The van der Waals surface area contributed by atoms with E-state index >= 15 is 0 Å². The number of aromatic nitrogens is 1. The third-order valence-corrected chi connectivity index (χ3v) is 6.70. The van der Waals surface area contributed by atoms with Gasteiger partial charge in [-0.1, -0.05) is 0 Å². The number of nitrogens with two attached hydrogens (primary N) is 1. The zero-order valence-corrected chi connectivity index (χ0v) is 16.2. The average molecular weight is 405 g/mol. The van der Waals surface area contributed by atoms with E-state index in [0.29, 0.717) is 42.0 Å². The number of halogens is 1. The van der Waals surface area contributed by atoms with Gasteiger partial charge in [0.05, 0.1) is 12.0 Å². The minimum Gasteiger partial charge on any atom is -0.497 e. The third-order valence-electron chi connectivity index (χ3n) is 3.98. The van der Waals surface area contributed by atoms with Crippen molar-refractivity contribution in [1.82, 2.24) is 14.2 Å². The maximum absolute atomic E-state index is 12.7. The van der Waals surface area contributed by atoms with Crippen molar-refractivity contribution >= 4 is 38.9 Å². The van der Waals surface area contributed by atoms with Gasteiger partial charge in [0.2, 0.25) is 10.0 Å². The van der Waals surface area contributed by atoms with Crippen molar-refractivity contribution < 1.29 is 13.2 Å². The van der Waals surface area contributed by atoms with E-state index in [-0.39, 0.29) is 12.4 Å². The zero-order valence-electron chi connectivity index (χ0n) is 13.8. The van der Waals surface area contributed by atoms with Gasteiger partial charge in [0, 0.05) is 43.8 Å². The van der Waals surface area contributed by atoms with Gasteiger partial charge in [-0.25, -0.2) is 13.4 Å². The topological polar surface area (TPSA) is 88.8 Å². The van der Waals surface area contributed by atoms with Crippen molar-refractivity contribution in [3.63, 3.8) is 0 Å². The molecule has 25 heavy (non-hydrogen) atoms. The number of ether oxygens (including phenoxy) is 1. The molecule has 1 aromatic heterocycles. The number of methoxy groups -OCH3 is 1. The lowest BCUT2D eigenvalue weighted by Crippen LogP contribution is -2.48. The van der Waals surface area contributed by atoms with E-state index in [9.17, 15) is 8.42 Å². The summed E-state index contributed by atoms with van der Waals surface area (Å²) in [4.78, 5) is 7.65. The molecule has 1 saturated heterocycles. The molecule has 0 atom stereocenters. The second-order valence-electron chi connectivity index (χ2n) is 5.52. The van der Waals surface area contributed by atoms with Crippen LogP contribution in [-0.4, -0.2) is 55.9 Å². The van der Waals surface area contributed by atoms with E-state index in [1.165, 1.54) is 15.6 Å². The molecule has 10 heteroatoms. The molecule has 0 bridgehead atoms. The predicted molar refractivity (Wildman–Crippen MR) is 101 cm³/mol. The fourth-order valence-electron chi connectivity index (χ4n) is 2.64. The van der Waals surface area contributed by atoms with E-state index < -0.39 is 10.0 Å². The van der Waals surface area contributed by atoms with Crippen molar-refractivity contribution in [2.45, 2.75) is 11.4 Å². The number of piperazine rings is 1. The first-order chi connectivity index (χ1) is 11.5. The van der Waals surface area contributed by atoms with Crippen LogP contribution >= 0.6 is 23.7 Å². The lowest BCUT2D eigenvalue weighted by atomic mass is 10.3. The number of hydrogen-bond donors (Lipinski definition) is 1. The maximum Gasteiger partial charge on any atom is 0.243 e. The molecular formula is C15H21ClN4O3S2. The number of benzene rings is 1. The number of thiazole rings is 1. The van der Waals surface area contributed by atoms with E-state index in [4.69, 9.17) is 10.5 Å². The summed E-state index contributed by atoms with van der Waals surface area (Å²) in [5.41, 5.74) is 5.64. The smallest absolute Gasteiger partial charge is 0.243 e. The molecule has 7 nitrogen and oxygen atoms in total. The summed E-state index contributed by atoms with van der Waals surface area (Å²) in [6.45, 7) is 3.08. The molecular weight excluding hydrogens is 384 g/mol. The predicted octanol–water partition coefficient (Wildman–Crippen LogP) is 1.66. The standard InChI is InChI=1S/C15H20N4O3S2.ClH/c1-22-12-2-4-14(5-3-12)24(20,21)19-8-6-18(7-9-19)11-13-10-17-15(16)23-13;/h2-5,10H,6-9,11H2,1H3,(H2,16,17);1H. The SMILES string of the molecule is COc1ccc(S(=O)(=O)N2CCN(Cc3cnc(N)s3)CC2)cc1.Cl. The van der Waals surface area contributed by atoms with Gasteiger partial charge in [0.15, 0.2) is 5.13 Å². The molecule has 1 fully saturated rings. The highest BCUT2D eigenvalue weighted by Gasteiger charge is 2.28. The van der Waals surface area contributed by atoms with Crippen LogP contribution in [0.15, 0.2) is 35.4 Å². The number of sulfonamides is 1. The van der Waals surface area contributed by atoms with E-state index in [0.717, 1.165) is 11.4 Å². The molecule has 0 aliphatic carbocycles. The van der Waals surface area contributed by atoms with Crippen molar-refractivity contribution in [3.8, 4) is 5.75 Å². The highest BCUT2D eigenvalue weighted by Crippen LogP contribution is 2.22. The van der Waals surface area contributed by atoms with Gasteiger partial charge >= 0.3 is 0 Å². The average Bonchev–Trinajstić information content (AvgIpc) is 3.00. The Morgan fingerprint density at radius 1 is 1.20 bits per heavy atom. The van der Waals surface area contributed by atoms with Gasteiger partial charge < -0.3 is 10.5 Å². The summed E-state index contributed by atoms with van der Waals surface area (Å²) in [7, 11) is -1.90. The van der Waals surface area contributed by atoms with Crippen LogP contribution in [0.25, 0.3) is 0 Å². The van der Waals surface area contributed by atoms with Crippen molar-refractivity contribution in [2.75, 3.05) is 39.0 Å². The molecule has 0 amide bonds. The molecule has 1 aliphatic rings. The highest BCUT2D eigenvalue weighted by molar-refractivity contribution is 7.89. The fourth-order valence-corrected chi connectivity index (χ4v) is 4.79. The molecule has 2 aromatic rings. The van der Waals surface area contributed by atoms with Gasteiger partial charge in [0.25, 0.3) is 0 Å². The molecule has 138 valence electrons. The number of anilines is 1. The Hall–Kier alpha value is -1.39. The molecule has 2 N–H and O–H groups in total. The summed E-state index contributed by atoms with van der Waals surface area (Å²) >= 11 is 1.47. The van der Waals surface area contributed by atoms with Crippen LogP contribution < -0.4 is 10.5 Å². The van der Waals surface area contributed by atoms with E-state index in [1.807, 2.05) is 0 Å². The Bertz CT molecular complexity index is 787. The maximum atomic E-state index is 12.7. The van der Waals surface area contributed by atoms with E-state index in [2.05, 4.69) is 9.88 Å². The summed E-state index contributed by atoms with van der Waals surface area (Å²) in [6, 6.07) is 6.50. The first kappa shape index (κ1) is 19.9. The lowest BCUT2D eigenvalue weighted by Gasteiger charge is -2.33. The Morgan fingerprint density at radius 2 is 1.84 bits per heavy atom. The summed E-state index contributed by atoms with van der Waals surface area (Å²) in [5, 5.41) is 0.561. The van der Waals surface area contributed by atoms with Gasteiger partial charge in [-0.15, -0.1) is 23.7 Å². The zero-order chi connectivity index (χ0) is 17.2. The molecule has 1 aliphatic heterocycles. The first-order valence-corrected chi connectivity index (χ1v) is 9.81. The van der Waals surface area contributed by atoms with Crippen LogP contribution in [0.1, 0.15) is 4.88 Å². The monoisotopic (exact) mass is 404 g/mol. The van der Waals surface area contributed by atoms with E-state index in [1.54, 1.807) is 37.6 Å². The molecule has 2 heterocycles. The number of rotatable bonds is 5. The second-order valence-corrected chi connectivity index (χ2v) is 8.61. The minimum atomic E-state index is -3.46. The molecule has 0 spiro atoms. The number of hydrogen-bond acceptors (Lipinski definition) is 7. The number of nitrogen functional groups attached to an aromatic ring is 1. The van der Waals surface area contributed by atoms with Crippen LogP contribution in [-0.2, 0) is 16.6 Å².